The highest BCUT2D eigenvalue weighted by Gasteiger charge is 2.12. The molecule has 2 heterocycles. The fraction of sp³-hybridized carbons (Fsp3) is 0.143. The quantitative estimate of drug-likeness (QED) is 0.731. The molecule has 1 aromatic carbocycles. The van der Waals surface area contributed by atoms with Crippen LogP contribution in [0.15, 0.2) is 61.1 Å². The van der Waals surface area contributed by atoms with Crippen molar-refractivity contribution in [2.45, 2.75) is 20.4 Å². The first-order valence-corrected chi connectivity index (χ1v) is 8.54. The van der Waals surface area contributed by atoms with Crippen LogP contribution < -0.4 is 10.6 Å². The lowest BCUT2D eigenvalue weighted by Gasteiger charge is -2.09. The second-order valence-electron chi connectivity index (χ2n) is 6.23. The molecule has 0 unspecified atom stereocenters. The van der Waals surface area contributed by atoms with E-state index >= 15 is 0 Å². The number of benzene rings is 1. The van der Waals surface area contributed by atoms with Crippen molar-refractivity contribution in [2.24, 2.45) is 0 Å². The summed E-state index contributed by atoms with van der Waals surface area (Å²) in [6.07, 6.45) is 4.81. The number of hydrogen-bond donors (Lipinski definition) is 2. The number of aromatic nitrogens is 2. The number of carbonyl (C=O) groups is 2. The number of aryl methyl sites for hydroxylation is 2. The summed E-state index contributed by atoms with van der Waals surface area (Å²) in [5.74, 6) is -0.637. The minimum atomic E-state index is -0.348. The molecular formula is C21H20N4O2. The van der Waals surface area contributed by atoms with E-state index in [1.807, 2.05) is 38.1 Å². The van der Waals surface area contributed by atoms with Gasteiger partial charge in [-0.2, -0.15) is 0 Å². The summed E-state index contributed by atoms with van der Waals surface area (Å²) in [7, 11) is 0. The molecule has 0 saturated carbocycles. The molecule has 0 atom stereocenters. The molecule has 0 saturated heterocycles. The lowest BCUT2D eigenvalue weighted by Crippen LogP contribution is -2.24. The van der Waals surface area contributed by atoms with Gasteiger partial charge in [-0.15, -0.1) is 0 Å². The lowest BCUT2D eigenvalue weighted by molar-refractivity contribution is 0.0946. The Morgan fingerprint density at radius 1 is 0.963 bits per heavy atom. The van der Waals surface area contributed by atoms with Crippen molar-refractivity contribution < 1.29 is 9.59 Å². The van der Waals surface area contributed by atoms with Gasteiger partial charge in [0, 0.05) is 36.4 Å². The number of carbonyl (C=O) groups excluding carboxylic acids is 2. The molecule has 0 aliphatic carbocycles. The smallest absolute Gasteiger partial charge is 0.270 e. The van der Waals surface area contributed by atoms with E-state index in [9.17, 15) is 9.59 Å². The molecule has 3 rings (SSSR count). The van der Waals surface area contributed by atoms with E-state index in [0.29, 0.717) is 17.8 Å². The van der Waals surface area contributed by atoms with Gasteiger partial charge in [0.25, 0.3) is 11.8 Å². The van der Waals surface area contributed by atoms with Crippen LogP contribution in [-0.2, 0) is 6.54 Å². The third-order valence-electron chi connectivity index (χ3n) is 4.20. The minimum absolute atomic E-state index is 0.187. The zero-order valence-corrected chi connectivity index (χ0v) is 15.2. The first kappa shape index (κ1) is 18.3. The number of pyridine rings is 2. The Balaban J connectivity index is 1.67. The molecule has 6 nitrogen and oxygen atoms in total. The Bertz CT molecular complexity index is 971. The molecule has 2 N–H and O–H groups in total. The van der Waals surface area contributed by atoms with Crippen molar-refractivity contribution >= 4 is 17.5 Å². The molecule has 27 heavy (non-hydrogen) atoms. The van der Waals surface area contributed by atoms with Gasteiger partial charge < -0.3 is 10.6 Å². The highest BCUT2D eigenvalue weighted by molar-refractivity contribution is 6.05. The number of amides is 2. The van der Waals surface area contributed by atoms with E-state index in [2.05, 4.69) is 20.6 Å². The molecule has 6 heteroatoms. The summed E-state index contributed by atoms with van der Waals surface area (Å²) in [5, 5.41) is 5.62. The Hall–Kier alpha value is -3.54. The molecule has 0 radical (unpaired) electrons. The second-order valence-corrected chi connectivity index (χ2v) is 6.23. The molecule has 2 amide bonds. The first-order valence-electron chi connectivity index (χ1n) is 8.54. The summed E-state index contributed by atoms with van der Waals surface area (Å²) in [6, 6.07) is 12.4. The summed E-state index contributed by atoms with van der Waals surface area (Å²) in [6.45, 7) is 4.34. The maximum atomic E-state index is 12.5. The van der Waals surface area contributed by atoms with Gasteiger partial charge >= 0.3 is 0 Å². The van der Waals surface area contributed by atoms with Crippen LogP contribution >= 0.6 is 0 Å². The van der Waals surface area contributed by atoms with Crippen molar-refractivity contribution in [3.63, 3.8) is 0 Å². The SMILES string of the molecule is Cc1ccc(NC(=O)c2ccnc(C(=O)NCc3cccnc3)c2)cc1C. The van der Waals surface area contributed by atoms with E-state index in [1.54, 1.807) is 24.5 Å². The van der Waals surface area contributed by atoms with Gasteiger partial charge in [0.2, 0.25) is 0 Å². The van der Waals surface area contributed by atoms with Crippen molar-refractivity contribution in [3.05, 3.63) is 89.0 Å². The average molecular weight is 360 g/mol. The van der Waals surface area contributed by atoms with E-state index in [4.69, 9.17) is 0 Å². The second kappa shape index (κ2) is 8.23. The maximum Gasteiger partial charge on any atom is 0.270 e. The van der Waals surface area contributed by atoms with Crippen LogP contribution in [0.4, 0.5) is 5.69 Å². The monoisotopic (exact) mass is 360 g/mol. The fourth-order valence-corrected chi connectivity index (χ4v) is 2.49. The summed E-state index contributed by atoms with van der Waals surface area (Å²) >= 11 is 0. The first-order chi connectivity index (χ1) is 13.0. The number of nitrogens with zero attached hydrogens (tertiary/aromatic N) is 2. The lowest BCUT2D eigenvalue weighted by atomic mass is 10.1. The van der Waals surface area contributed by atoms with E-state index < -0.39 is 0 Å². The van der Waals surface area contributed by atoms with Crippen LogP contribution in [0.2, 0.25) is 0 Å². The molecular weight excluding hydrogens is 340 g/mol. The van der Waals surface area contributed by atoms with E-state index in [1.165, 1.54) is 12.3 Å². The Labute approximate surface area is 157 Å². The van der Waals surface area contributed by atoms with Gasteiger partial charge in [-0.3, -0.25) is 19.6 Å². The molecule has 136 valence electrons. The van der Waals surface area contributed by atoms with E-state index in [-0.39, 0.29) is 17.5 Å². The topological polar surface area (TPSA) is 84.0 Å². The van der Waals surface area contributed by atoms with Gasteiger partial charge in [0.05, 0.1) is 0 Å². The fourth-order valence-electron chi connectivity index (χ4n) is 2.49. The number of rotatable bonds is 5. The van der Waals surface area contributed by atoms with Crippen molar-refractivity contribution in [2.75, 3.05) is 5.32 Å². The van der Waals surface area contributed by atoms with Gasteiger partial charge in [-0.25, -0.2) is 0 Å². The molecule has 0 aliphatic heterocycles. The van der Waals surface area contributed by atoms with Gasteiger partial charge in [-0.1, -0.05) is 12.1 Å². The average Bonchev–Trinajstić information content (AvgIpc) is 2.70. The van der Waals surface area contributed by atoms with Crippen LogP contribution in [0.25, 0.3) is 0 Å². The summed E-state index contributed by atoms with van der Waals surface area (Å²) in [4.78, 5) is 32.9. The third-order valence-corrected chi connectivity index (χ3v) is 4.20. The Morgan fingerprint density at radius 2 is 1.81 bits per heavy atom. The van der Waals surface area contributed by atoms with Crippen LogP contribution in [0.3, 0.4) is 0 Å². The van der Waals surface area contributed by atoms with Crippen LogP contribution in [0.1, 0.15) is 37.5 Å². The van der Waals surface area contributed by atoms with Gasteiger partial charge in [0.1, 0.15) is 5.69 Å². The van der Waals surface area contributed by atoms with Gasteiger partial charge in [0.15, 0.2) is 0 Å². The minimum Gasteiger partial charge on any atom is -0.347 e. The Morgan fingerprint density at radius 3 is 2.56 bits per heavy atom. The van der Waals surface area contributed by atoms with E-state index in [0.717, 1.165) is 16.7 Å². The largest absolute Gasteiger partial charge is 0.347 e. The molecule has 3 aromatic rings. The van der Waals surface area contributed by atoms with Crippen LogP contribution in [0.5, 0.6) is 0 Å². The van der Waals surface area contributed by atoms with Crippen molar-refractivity contribution in [1.82, 2.24) is 15.3 Å². The maximum absolute atomic E-state index is 12.5. The summed E-state index contributed by atoms with van der Waals surface area (Å²) in [5.41, 5.74) is 4.40. The number of anilines is 1. The Kier molecular flexibility index (Phi) is 5.56. The van der Waals surface area contributed by atoms with Gasteiger partial charge in [-0.05, 0) is 60.9 Å². The zero-order valence-electron chi connectivity index (χ0n) is 15.2. The highest BCUT2D eigenvalue weighted by Crippen LogP contribution is 2.15. The van der Waals surface area contributed by atoms with Crippen LogP contribution in [0, 0.1) is 13.8 Å². The third kappa shape index (κ3) is 4.76. The zero-order chi connectivity index (χ0) is 19.2. The van der Waals surface area contributed by atoms with Crippen molar-refractivity contribution in [1.29, 1.82) is 0 Å². The predicted octanol–water partition coefficient (Wildman–Crippen LogP) is 3.28. The van der Waals surface area contributed by atoms with Crippen LogP contribution in [-0.4, -0.2) is 21.8 Å². The standard InChI is InChI=1S/C21H20N4O2/c1-14-5-6-18(10-15(14)2)25-20(26)17-7-9-23-19(11-17)21(27)24-13-16-4-3-8-22-12-16/h3-12H,13H2,1-2H3,(H,24,27)(H,25,26). The normalized spacial score (nSPS) is 10.3. The number of hydrogen-bond acceptors (Lipinski definition) is 4. The van der Waals surface area contributed by atoms with Crippen molar-refractivity contribution in [3.8, 4) is 0 Å². The molecule has 0 bridgehead atoms. The highest BCUT2D eigenvalue weighted by atomic mass is 16.2. The molecule has 0 spiro atoms. The molecule has 0 fully saturated rings. The molecule has 2 aromatic heterocycles. The number of nitrogens with one attached hydrogen (secondary N) is 2. The molecule has 0 aliphatic rings. The summed E-state index contributed by atoms with van der Waals surface area (Å²) < 4.78 is 0. The predicted molar refractivity (Wildman–Crippen MR) is 104 cm³/mol.